The van der Waals surface area contributed by atoms with Crippen LogP contribution in [0.5, 0.6) is 0 Å². The van der Waals surface area contributed by atoms with Gasteiger partial charge in [-0.05, 0) is 19.1 Å². The Morgan fingerprint density at radius 2 is 1.45 bits per heavy atom. The first-order valence-corrected chi connectivity index (χ1v) is 10.7. The van der Waals surface area contributed by atoms with Gasteiger partial charge in [-0.1, -0.05) is 83.5 Å². The van der Waals surface area contributed by atoms with E-state index < -0.39 is 21.2 Å². The molecule has 6 heteroatoms. The predicted molar refractivity (Wildman–Crippen MR) is 110 cm³/mol. The Kier molecular flexibility index (Phi) is 5.03. The van der Waals surface area contributed by atoms with Crippen molar-refractivity contribution < 1.29 is 18.0 Å². The molecule has 0 amide bonds. The van der Waals surface area contributed by atoms with Gasteiger partial charge >= 0.3 is 0 Å². The molecule has 146 valence electrons. The van der Waals surface area contributed by atoms with Crippen molar-refractivity contribution in [2.24, 2.45) is 11.1 Å². The molecule has 3 aromatic carbocycles. The fraction of sp³-hybridized carbons (Fsp3) is 0.130. The fourth-order valence-corrected chi connectivity index (χ4v) is 4.87. The van der Waals surface area contributed by atoms with Crippen LogP contribution in [0, 0.1) is 12.8 Å². The van der Waals surface area contributed by atoms with E-state index in [4.69, 9.17) is 4.84 Å². The number of carbonyl (C=O) groups is 1. The highest BCUT2D eigenvalue weighted by Gasteiger charge is 2.48. The molecule has 0 saturated heterocycles. The van der Waals surface area contributed by atoms with Crippen molar-refractivity contribution >= 4 is 21.3 Å². The summed E-state index contributed by atoms with van der Waals surface area (Å²) in [6, 6.07) is 24.1. The number of carbonyl (C=O) groups excluding carboxylic acids is 1. The van der Waals surface area contributed by atoms with Crippen molar-refractivity contribution in [2.75, 3.05) is 0 Å². The molecule has 0 N–H and O–H groups in total. The minimum Gasteiger partial charge on any atom is -0.374 e. The lowest BCUT2D eigenvalue weighted by Crippen LogP contribution is -2.37. The van der Waals surface area contributed by atoms with Gasteiger partial charge in [0.05, 0.1) is 4.90 Å². The van der Waals surface area contributed by atoms with Gasteiger partial charge in [-0.2, -0.15) is 0 Å². The summed E-state index contributed by atoms with van der Waals surface area (Å²) in [4.78, 5) is 18.9. The first kappa shape index (κ1) is 19.1. The van der Waals surface area contributed by atoms with Crippen molar-refractivity contribution in [2.45, 2.75) is 17.3 Å². The van der Waals surface area contributed by atoms with Crippen molar-refractivity contribution in [3.63, 3.8) is 0 Å². The molecule has 0 bridgehead atoms. The summed E-state index contributed by atoms with van der Waals surface area (Å²) in [5, 5.41) is 4.04. The molecule has 2 unspecified atom stereocenters. The molecule has 0 spiro atoms. The Bertz CT molecular complexity index is 1150. The van der Waals surface area contributed by atoms with Gasteiger partial charge in [-0.25, -0.2) is 8.42 Å². The summed E-state index contributed by atoms with van der Waals surface area (Å²) >= 11 is 0. The molecule has 5 nitrogen and oxygen atoms in total. The van der Waals surface area contributed by atoms with Gasteiger partial charge in [0.25, 0.3) is 0 Å². The van der Waals surface area contributed by atoms with Crippen molar-refractivity contribution in [1.29, 1.82) is 0 Å². The SMILES string of the molecule is Cc1ccc(S(=O)(=O)C2ON=C(c3ccccc3)C2C(=O)c2ccccc2)cc1. The molecule has 3 aromatic rings. The zero-order valence-corrected chi connectivity index (χ0v) is 16.5. The topological polar surface area (TPSA) is 72.8 Å². The summed E-state index contributed by atoms with van der Waals surface area (Å²) in [5.41, 5.74) is 0.904. The number of nitrogens with zero attached hydrogens (tertiary/aromatic N) is 1. The van der Waals surface area contributed by atoms with Gasteiger partial charge in [0.2, 0.25) is 15.3 Å². The maximum absolute atomic E-state index is 13.3. The van der Waals surface area contributed by atoms with Crippen LogP contribution < -0.4 is 0 Å². The van der Waals surface area contributed by atoms with Crippen LogP contribution in [0.25, 0.3) is 0 Å². The van der Waals surface area contributed by atoms with Crippen molar-refractivity contribution in [3.8, 4) is 0 Å². The second-order valence-electron chi connectivity index (χ2n) is 6.88. The first-order valence-electron chi connectivity index (χ1n) is 9.17. The normalized spacial score (nSPS) is 18.7. The van der Waals surface area contributed by atoms with E-state index in [2.05, 4.69) is 5.16 Å². The fourth-order valence-electron chi connectivity index (χ4n) is 3.32. The summed E-state index contributed by atoms with van der Waals surface area (Å²) in [5.74, 6) is -1.41. The van der Waals surface area contributed by atoms with Gasteiger partial charge in [0, 0.05) is 11.1 Å². The molecule has 29 heavy (non-hydrogen) atoms. The van der Waals surface area contributed by atoms with E-state index in [1.54, 1.807) is 54.6 Å². The van der Waals surface area contributed by atoms with Crippen molar-refractivity contribution in [3.05, 3.63) is 102 Å². The van der Waals surface area contributed by atoms with Crippen LogP contribution in [-0.2, 0) is 14.7 Å². The van der Waals surface area contributed by atoms with Crippen LogP contribution in [0.4, 0.5) is 0 Å². The minimum atomic E-state index is -3.96. The van der Waals surface area contributed by atoms with E-state index in [9.17, 15) is 13.2 Å². The Hall–Kier alpha value is -3.25. The third-order valence-electron chi connectivity index (χ3n) is 4.89. The number of ketones is 1. The second-order valence-corrected chi connectivity index (χ2v) is 8.91. The summed E-state index contributed by atoms with van der Waals surface area (Å²) in [7, 11) is -3.96. The summed E-state index contributed by atoms with van der Waals surface area (Å²) < 4.78 is 26.6. The molecule has 0 aliphatic carbocycles. The van der Waals surface area contributed by atoms with Crippen LogP contribution in [0.15, 0.2) is 95.0 Å². The Balaban J connectivity index is 1.79. The molecular weight excluding hydrogens is 386 g/mol. The Labute approximate surface area is 169 Å². The molecule has 1 aliphatic rings. The van der Waals surface area contributed by atoms with Gasteiger partial charge < -0.3 is 4.84 Å². The highest BCUT2D eigenvalue weighted by molar-refractivity contribution is 7.92. The molecule has 4 rings (SSSR count). The van der Waals surface area contributed by atoms with Crippen LogP contribution in [0.2, 0.25) is 0 Å². The maximum atomic E-state index is 13.3. The number of hydrogen-bond acceptors (Lipinski definition) is 5. The number of aryl methyl sites for hydroxylation is 1. The third-order valence-corrected chi connectivity index (χ3v) is 6.79. The number of benzene rings is 3. The second kappa shape index (κ2) is 7.64. The van der Waals surface area contributed by atoms with Crippen LogP contribution in [0.1, 0.15) is 21.5 Å². The minimum absolute atomic E-state index is 0.100. The lowest BCUT2D eigenvalue weighted by Gasteiger charge is -2.19. The lowest BCUT2D eigenvalue weighted by atomic mass is 9.90. The Morgan fingerprint density at radius 3 is 2.07 bits per heavy atom. The molecule has 2 atom stereocenters. The summed E-state index contributed by atoms with van der Waals surface area (Å²) in [6.07, 6.45) is 0. The molecule has 1 heterocycles. The van der Waals surface area contributed by atoms with Gasteiger partial charge in [0.1, 0.15) is 11.6 Å². The van der Waals surface area contributed by atoms with E-state index >= 15 is 0 Å². The highest BCUT2D eigenvalue weighted by Crippen LogP contribution is 2.33. The summed E-state index contributed by atoms with van der Waals surface area (Å²) in [6.45, 7) is 1.88. The molecule has 0 fully saturated rings. The lowest BCUT2D eigenvalue weighted by molar-refractivity contribution is 0.0814. The molecule has 0 aromatic heterocycles. The van der Waals surface area contributed by atoms with E-state index in [1.165, 1.54) is 12.1 Å². The number of hydrogen-bond donors (Lipinski definition) is 0. The van der Waals surface area contributed by atoms with Crippen LogP contribution in [-0.4, -0.2) is 25.3 Å². The van der Waals surface area contributed by atoms with Crippen LogP contribution >= 0.6 is 0 Å². The number of sulfone groups is 1. The van der Waals surface area contributed by atoms with E-state index in [1.807, 2.05) is 25.1 Å². The predicted octanol–water partition coefficient (Wildman–Crippen LogP) is 4.03. The molecule has 0 radical (unpaired) electrons. The standard InChI is InChI=1S/C23H19NO4S/c1-16-12-14-19(15-13-16)29(26,27)23-20(22(25)18-10-6-3-7-11-18)21(24-28-23)17-8-4-2-5-9-17/h2-15,20,23H,1H3. The molecule has 0 saturated carbocycles. The highest BCUT2D eigenvalue weighted by atomic mass is 32.2. The zero-order valence-electron chi connectivity index (χ0n) is 15.7. The van der Waals surface area contributed by atoms with Crippen molar-refractivity contribution in [1.82, 2.24) is 0 Å². The quantitative estimate of drug-likeness (QED) is 0.601. The largest absolute Gasteiger partial charge is 0.374 e. The van der Waals surface area contributed by atoms with E-state index in [0.29, 0.717) is 16.8 Å². The maximum Gasteiger partial charge on any atom is 0.247 e. The van der Waals surface area contributed by atoms with Gasteiger partial charge in [0.15, 0.2) is 5.78 Å². The molecular formula is C23H19NO4S. The zero-order chi connectivity index (χ0) is 20.4. The van der Waals surface area contributed by atoms with E-state index in [0.717, 1.165) is 5.56 Å². The van der Waals surface area contributed by atoms with Gasteiger partial charge in [-0.15, -0.1) is 0 Å². The van der Waals surface area contributed by atoms with Crippen LogP contribution in [0.3, 0.4) is 0 Å². The monoisotopic (exact) mass is 405 g/mol. The third kappa shape index (κ3) is 3.59. The Morgan fingerprint density at radius 1 is 0.862 bits per heavy atom. The average Bonchev–Trinajstić information content (AvgIpc) is 3.21. The molecule has 1 aliphatic heterocycles. The smallest absolute Gasteiger partial charge is 0.247 e. The average molecular weight is 405 g/mol. The number of Topliss-reactive ketones (excluding diaryl/α,β-unsaturated/α-hetero) is 1. The number of rotatable bonds is 5. The van der Waals surface area contributed by atoms with E-state index in [-0.39, 0.29) is 10.7 Å². The van der Waals surface area contributed by atoms with Gasteiger partial charge in [-0.3, -0.25) is 4.79 Å². The number of oxime groups is 1. The first-order chi connectivity index (χ1) is 14.0.